The molecule has 1 aliphatic carbocycles. The van der Waals surface area contributed by atoms with Gasteiger partial charge in [-0.2, -0.15) is 0 Å². The van der Waals surface area contributed by atoms with Gasteiger partial charge in [0, 0.05) is 19.1 Å². The topological polar surface area (TPSA) is 49.4 Å². The van der Waals surface area contributed by atoms with Crippen molar-refractivity contribution in [3.8, 4) is 0 Å². The molecule has 120 valence electrons. The molecule has 0 spiro atoms. The Bertz CT molecular complexity index is 363. The second-order valence-electron chi connectivity index (χ2n) is 7.77. The Kier molecular flexibility index (Phi) is 6.11. The summed E-state index contributed by atoms with van der Waals surface area (Å²) in [4.78, 5) is 12.3. The SMILES string of the molecule is CCCCP(=O)([O-])C1CCC(O[Si](C)(C)C(C)(C)C)C1. The van der Waals surface area contributed by atoms with Crippen molar-refractivity contribution in [2.75, 3.05) is 6.16 Å². The van der Waals surface area contributed by atoms with E-state index in [1.54, 1.807) is 0 Å². The Labute approximate surface area is 126 Å². The Morgan fingerprint density at radius 2 is 1.90 bits per heavy atom. The molecule has 0 aromatic heterocycles. The molecule has 3 unspecified atom stereocenters. The Hall–Kier alpha value is 0.367. The summed E-state index contributed by atoms with van der Waals surface area (Å²) in [7, 11) is -4.99. The fourth-order valence-corrected chi connectivity index (χ4v) is 6.16. The lowest BCUT2D eigenvalue weighted by Crippen LogP contribution is -2.43. The molecule has 3 nitrogen and oxygen atoms in total. The third kappa shape index (κ3) is 4.69. The first-order chi connectivity index (χ1) is 8.99. The van der Waals surface area contributed by atoms with Crippen molar-refractivity contribution in [3.05, 3.63) is 0 Å². The number of hydrogen-bond acceptors (Lipinski definition) is 3. The van der Waals surface area contributed by atoms with Crippen LogP contribution in [0.5, 0.6) is 0 Å². The van der Waals surface area contributed by atoms with E-state index in [0.717, 1.165) is 32.1 Å². The van der Waals surface area contributed by atoms with Gasteiger partial charge >= 0.3 is 0 Å². The fourth-order valence-electron chi connectivity index (χ4n) is 2.54. The molecule has 5 heteroatoms. The van der Waals surface area contributed by atoms with E-state index in [0.29, 0.717) is 6.16 Å². The molecule has 0 aliphatic heterocycles. The summed E-state index contributed by atoms with van der Waals surface area (Å²) in [6, 6.07) is 0. The molecule has 0 aromatic carbocycles. The monoisotopic (exact) mass is 319 g/mol. The lowest BCUT2D eigenvalue weighted by Gasteiger charge is -2.39. The first-order valence-corrected chi connectivity index (χ1v) is 12.8. The summed E-state index contributed by atoms with van der Waals surface area (Å²) >= 11 is 0. The zero-order valence-electron chi connectivity index (χ0n) is 14.1. The van der Waals surface area contributed by atoms with Crippen molar-refractivity contribution in [1.82, 2.24) is 0 Å². The number of unbranched alkanes of at least 4 members (excludes halogenated alkanes) is 1. The van der Waals surface area contributed by atoms with Gasteiger partial charge in [0.05, 0.1) is 0 Å². The van der Waals surface area contributed by atoms with E-state index >= 15 is 0 Å². The first kappa shape index (κ1) is 18.4. The van der Waals surface area contributed by atoms with Gasteiger partial charge < -0.3 is 13.9 Å². The third-order valence-electron chi connectivity index (χ3n) is 5.00. The van der Waals surface area contributed by atoms with Crippen molar-refractivity contribution < 1.29 is 13.9 Å². The molecule has 0 amide bonds. The average Bonchev–Trinajstić information content (AvgIpc) is 2.73. The summed E-state index contributed by atoms with van der Waals surface area (Å²) in [6.07, 6.45) is 4.70. The summed E-state index contributed by atoms with van der Waals surface area (Å²) < 4.78 is 18.7. The quantitative estimate of drug-likeness (QED) is 0.539. The normalized spacial score (nSPS) is 27.6. The van der Waals surface area contributed by atoms with Crippen LogP contribution in [-0.2, 0) is 8.99 Å². The summed E-state index contributed by atoms with van der Waals surface area (Å²) in [6.45, 7) is 13.2. The van der Waals surface area contributed by atoms with Gasteiger partial charge in [0.15, 0.2) is 8.32 Å². The summed E-state index contributed by atoms with van der Waals surface area (Å²) in [5.74, 6) is 0. The van der Waals surface area contributed by atoms with E-state index in [1.807, 2.05) is 6.92 Å². The van der Waals surface area contributed by atoms with Gasteiger partial charge in [-0.05, 0) is 50.0 Å². The standard InChI is InChI=1S/C15H33O3PSi/c1-7-8-11-19(16,17)14-10-9-13(12-14)18-20(5,6)15(2,3)4/h13-14H,7-12H2,1-6H3,(H,16,17)/p-1. The van der Waals surface area contributed by atoms with Crippen LogP contribution in [0.1, 0.15) is 59.8 Å². The molecule has 1 aliphatic rings. The van der Waals surface area contributed by atoms with Crippen molar-refractivity contribution in [1.29, 1.82) is 0 Å². The fraction of sp³-hybridized carbons (Fsp3) is 1.00. The van der Waals surface area contributed by atoms with Gasteiger partial charge in [0.2, 0.25) is 0 Å². The minimum Gasteiger partial charge on any atom is -0.799 e. The zero-order valence-corrected chi connectivity index (χ0v) is 16.0. The van der Waals surface area contributed by atoms with Gasteiger partial charge in [-0.25, -0.2) is 0 Å². The third-order valence-corrected chi connectivity index (χ3v) is 12.1. The molecule has 0 heterocycles. The number of rotatable bonds is 6. The molecule has 0 N–H and O–H groups in total. The van der Waals surface area contributed by atoms with E-state index in [1.165, 1.54) is 0 Å². The highest BCUT2D eigenvalue weighted by molar-refractivity contribution is 7.57. The second kappa shape index (κ2) is 6.64. The molecule has 1 fully saturated rings. The second-order valence-corrected chi connectivity index (χ2v) is 15.2. The van der Waals surface area contributed by atoms with Gasteiger partial charge in [-0.3, -0.25) is 0 Å². The zero-order chi connectivity index (χ0) is 15.6. The van der Waals surface area contributed by atoms with Crippen molar-refractivity contribution in [3.63, 3.8) is 0 Å². The van der Waals surface area contributed by atoms with Crippen LogP contribution in [0.3, 0.4) is 0 Å². The Balaban J connectivity index is 2.58. The highest BCUT2D eigenvalue weighted by Gasteiger charge is 2.41. The smallest absolute Gasteiger partial charge is 0.192 e. The van der Waals surface area contributed by atoms with E-state index in [9.17, 15) is 9.46 Å². The molecule has 3 atom stereocenters. The predicted molar refractivity (Wildman–Crippen MR) is 87.1 cm³/mol. The highest BCUT2D eigenvalue weighted by atomic mass is 31.2. The van der Waals surface area contributed by atoms with Crippen LogP contribution in [0.2, 0.25) is 18.1 Å². The molecule has 20 heavy (non-hydrogen) atoms. The molecular formula is C15H32O3PSi-. The van der Waals surface area contributed by atoms with E-state index < -0.39 is 15.7 Å². The Morgan fingerprint density at radius 3 is 2.40 bits per heavy atom. The van der Waals surface area contributed by atoms with Gasteiger partial charge in [-0.1, -0.05) is 34.1 Å². The van der Waals surface area contributed by atoms with Crippen LogP contribution in [0.4, 0.5) is 0 Å². The van der Waals surface area contributed by atoms with Crippen LogP contribution in [0, 0.1) is 0 Å². The molecule has 0 aromatic rings. The van der Waals surface area contributed by atoms with Crippen molar-refractivity contribution in [2.24, 2.45) is 0 Å². The lowest BCUT2D eigenvalue weighted by molar-refractivity contribution is -0.177. The molecule has 1 rings (SSSR count). The van der Waals surface area contributed by atoms with E-state index in [4.69, 9.17) is 4.43 Å². The highest BCUT2D eigenvalue weighted by Crippen LogP contribution is 2.51. The predicted octanol–water partition coefficient (Wildman–Crippen LogP) is 4.37. The van der Waals surface area contributed by atoms with Crippen LogP contribution in [-0.4, -0.2) is 26.2 Å². The minimum absolute atomic E-state index is 0.135. The van der Waals surface area contributed by atoms with Crippen LogP contribution >= 0.6 is 7.37 Å². The Morgan fingerprint density at radius 1 is 1.30 bits per heavy atom. The van der Waals surface area contributed by atoms with Crippen LogP contribution in [0.25, 0.3) is 0 Å². The molecular weight excluding hydrogens is 287 g/mol. The molecule has 1 saturated carbocycles. The van der Waals surface area contributed by atoms with Gasteiger partial charge in [0.1, 0.15) is 0 Å². The number of hydrogen-bond donors (Lipinski definition) is 0. The van der Waals surface area contributed by atoms with Gasteiger partial charge in [-0.15, -0.1) is 0 Å². The van der Waals surface area contributed by atoms with Crippen molar-refractivity contribution in [2.45, 2.75) is 89.7 Å². The first-order valence-electron chi connectivity index (χ1n) is 7.97. The minimum atomic E-state index is -3.21. The van der Waals surface area contributed by atoms with E-state index in [-0.39, 0.29) is 16.8 Å². The average molecular weight is 319 g/mol. The van der Waals surface area contributed by atoms with Gasteiger partial charge in [0.25, 0.3) is 0 Å². The molecule has 0 bridgehead atoms. The maximum absolute atomic E-state index is 12.3. The summed E-state index contributed by atoms with van der Waals surface area (Å²) in [5, 5.41) is 0.189. The summed E-state index contributed by atoms with van der Waals surface area (Å²) in [5.41, 5.74) is -0.135. The van der Waals surface area contributed by atoms with E-state index in [2.05, 4.69) is 33.9 Å². The lowest BCUT2D eigenvalue weighted by atomic mass is 10.2. The molecule has 0 saturated heterocycles. The maximum atomic E-state index is 12.3. The largest absolute Gasteiger partial charge is 0.799 e. The van der Waals surface area contributed by atoms with Crippen LogP contribution in [0.15, 0.2) is 0 Å². The maximum Gasteiger partial charge on any atom is 0.192 e. The molecule has 0 radical (unpaired) electrons. The van der Waals surface area contributed by atoms with Crippen LogP contribution < -0.4 is 4.89 Å². The van der Waals surface area contributed by atoms with Crippen molar-refractivity contribution >= 4 is 15.7 Å².